The van der Waals surface area contributed by atoms with Gasteiger partial charge in [0.25, 0.3) is 0 Å². The molecular weight excluding hydrogens is 346 g/mol. The van der Waals surface area contributed by atoms with Gasteiger partial charge < -0.3 is 9.64 Å². The second kappa shape index (κ2) is 7.44. The molecule has 0 saturated carbocycles. The van der Waals surface area contributed by atoms with Crippen molar-refractivity contribution in [3.8, 4) is 0 Å². The number of nitrogens with zero attached hydrogens (tertiary/aromatic N) is 5. The molecular formula is C15H21N5O4S. The van der Waals surface area contributed by atoms with E-state index in [1.54, 1.807) is 9.80 Å². The highest BCUT2D eigenvalue weighted by molar-refractivity contribution is 7.15. The maximum atomic E-state index is 12.7. The Hall–Kier alpha value is -2.07. The van der Waals surface area contributed by atoms with Crippen molar-refractivity contribution in [1.29, 1.82) is 0 Å². The first kappa shape index (κ1) is 17.7. The monoisotopic (exact) mass is 367 g/mol. The number of aryl methyl sites for hydroxylation is 1. The lowest BCUT2D eigenvalue weighted by Crippen LogP contribution is -2.51. The van der Waals surface area contributed by atoms with Gasteiger partial charge in [-0.1, -0.05) is 11.3 Å². The number of carbonyl (C=O) groups excluding carboxylic acids is 3. The SMILES string of the molecule is COC(=O)CN1CCN(C(=O)C2CC(=O)N(c3nnc(C)s3)C2)CC1. The van der Waals surface area contributed by atoms with Crippen molar-refractivity contribution in [2.45, 2.75) is 13.3 Å². The summed E-state index contributed by atoms with van der Waals surface area (Å²) in [6, 6.07) is 0. The minimum absolute atomic E-state index is 0.00481. The molecule has 0 spiro atoms. The zero-order chi connectivity index (χ0) is 18.0. The molecule has 0 radical (unpaired) electrons. The van der Waals surface area contributed by atoms with Gasteiger partial charge >= 0.3 is 5.97 Å². The molecule has 10 heteroatoms. The van der Waals surface area contributed by atoms with Crippen LogP contribution in [0.5, 0.6) is 0 Å². The Morgan fingerprint density at radius 2 is 1.96 bits per heavy atom. The molecule has 2 amide bonds. The third-order valence-corrected chi connectivity index (χ3v) is 5.35. The summed E-state index contributed by atoms with van der Waals surface area (Å²) in [7, 11) is 1.37. The van der Waals surface area contributed by atoms with Crippen LogP contribution in [0.3, 0.4) is 0 Å². The molecule has 2 fully saturated rings. The van der Waals surface area contributed by atoms with Gasteiger partial charge in [0.2, 0.25) is 16.9 Å². The highest BCUT2D eigenvalue weighted by Crippen LogP contribution is 2.28. The van der Waals surface area contributed by atoms with Crippen LogP contribution < -0.4 is 4.90 Å². The average molecular weight is 367 g/mol. The van der Waals surface area contributed by atoms with Crippen molar-refractivity contribution in [1.82, 2.24) is 20.0 Å². The summed E-state index contributed by atoms with van der Waals surface area (Å²) in [6.07, 6.45) is 0.208. The summed E-state index contributed by atoms with van der Waals surface area (Å²) in [5.41, 5.74) is 0. The number of amides is 2. The van der Waals surface area contributed by atoms with Crippen LogP contribution in [0.4, 0.5) is 5.13 Å². The summed E-state index contributed by atoms with van der Waals surface area (Å²) in [5, 5.41) is 9.28. The van der Waals surface area contributed by atoms with Gasteiger partial charge in [-0.2, -0.15) is 0 Å². The number of hydrogen-bond acceptors (Lipinski definition) is 8. The molecule has 2 aliphatic heterocycles. The number of methoxy groups -OCH3 is 1. The fraction of sp³-hybridized carbons (Fsp3) is 0.667. The fourth-order valence-electron chi connectivity index (χ4n) is 3.08. The van der Waals surface area contributed by atoms with E-state index in [0.717, 1.165) is 5.01 Å². The lowest BCUT2D eigenvalue weighted by Gasteiger charge is -2.35. The Morgan fingerprint density at radius 3 is 2.56 bits per heavy atom. The van der Waals surface area contributed by atoms with Crippen LogP contribution in [0, 0.1) is 12.8 Å². The van der Waals surface area contributed by atoms with E-state index < -0.39 is 0 Å². The summed E-state index contributed by atoms with van der Waals surface area (Å²) in [5.74, 6) is -0.707. The molecule has 1 atom stereocenters. The number of esters is 1. The number of piperazine rings is 1. The predicted molar refractivity (Wildman–Crippen MR) is 90.1 cm³/mol. The number of rotatable bonds is 4. The van der Waals surface area contributed by atoms with E-state index >= 15 is 0 Å². The largest absolute Gasteiger partial charge is 0.468 e. The summed E-state index contributed by atoms with van der Waals surface area (Å²) >= 11 is 1.35. The molecule has 0 aromatic carbocycles. The first-order valence-electron chi connectivity index (χ1n) is 8.16. The number of ether oxygens (including phenoxy) is 1. The molecule has 0 N–H and O–H groups in total. The zero-order valence-electron chi connectivity index (χ0n) is 14.3. The minimum atomic E-state index is -0.344. The predicted octanol–water partition coefficient (Wildman–Crippen LogP) is -0.483. The smallest absolute Gasteiger partial charge is 0.319 e. The van der Waals surface area contributed by atoms with Gasteiger partial charge in [-0.25, -0.2) is 0 Å². The van der Waals surface area contributed by atoms with Gasteiger partial charge in [0.15, 0.2) is 0 Å². The Bertz CT molecular complexity index is 671. The Balaban J connectivity index is 1.54. The Kier molecular flexibility index (Phi) is 5.28. The molecule has 2 saturated heterocycles. The quantitative estimate of drug-likeness (QED) is 0.663. The lowest BCUT2D eigenvalue weighted by molar-refractivity contribution is -0.143. The summed E-state index contributed by atoms with van der Waals surface area (Å²) in [6.45, 7) is 4.79. The summed E-state index contributed by atoms with van der Waals surface area (Å²) < 4.78 is 4.66. The molecule has 1 aromatic heterocycles. The summed E-state index contributed by atoms with van der Waals surface area (Å²) in [4.78, 5) is 41.6. The third kappa shape index (κ3) is 3.96. The van der Waals surface area contributed by atoms with Gasteiger partial charge in [-0.15, -0.1) is 10.2 Å². The molecule has 2 aliphatic rings. The van der Waals surface area contributed by atoms with Crippen LogP contribution >= 0.6 is 11.3 Å². The van der Waals surface area contributed by atoms with Gasteiger partial charge in [-0.05, 0) is 6.92 Å². The molecule has 0 bridgehead atoms. The van der Waals surface area contributed by atoms with Gasteiger partial charge in [0.1, 0.15) is 5.01 Å². The van der Waals surface area contributed by atoms with E-state index in [9.17, 15) is 14.4 Å². The van der Waals surface area contributed by atoms with E-state index in [1.807, 2.05) is 11.8 Å². The van der Waals surface area contributed by atoms with Crippen LogP contribution in [-0.4, -0.2) is 84.2 Å². The van der Waals surface area contributed by atoms with Gasteiger partial charge in [-0.3, -0.25) is 24.2 Å². The van der Waals surface area contributed by atoms with Crippen LogP contribution in [0.25, 0.3) is 0 Å². The normalized spacial score (nSPS) is 21.7. The molecule has 3 rings (SSSR count). The highest BCUT2D eigenvalue weighted by Gasteiger charge is 2.39. The number of hydrogen-bond donors (Lipinski definition) is 0. The minimum Gasteiger partial charge on any atom is -0.468 e. The first-order valence-corrected chi connectivity index (χ1v) is 8.98. The number of aromatic nitrogens is 2. The standard InChI is InChI=1S/C15H21N5O4S/c1-10-16-17-15(25-10)20-8-11(7-12(20)21)14(23)19-5-3-18(4-6-19)9-13(22)24-2/h11H,3-9H2,1-2H3. The second-order valence-electron chi connectivity index (χ2n) is 6.19. The van der Waals surface area contributed by atoms with Crippen LogP contribution in [0.1, 0.15) is 11.4 Å². The second-order valence-corrected chi connectivity index (χ2v) is 7.35. The molecule has 0 aliphatic carbocycles. The van der Waals surface area contributed by atoms with Crippen molar-refractivity contribution in [2.75, 3.05) is 51.3 Å². The number of carbonyl (C=O) groups is 3. The van der Waals surface area contributed by atoms with Gasteiger partial charge in [0.05, 0.1) is 19.6 Å². The van der Waals surface area contributed by atoms with Crippen LogP contribution in [0.2, 0.25) is 0 Å². The van der Waals surface area contributed by atoms with Crippen molar-refractivity contribution in [3.05, 3.63) is 5.01 Å². The molecule has 3 heterocycles. The van der Waals surface area contributed by atoms with Crippen LogP contribution in [0.15, 0.2) is 0 Å². The maximum Gasteiger partial charge on any atom is 0.319 e. The fourth-order valence-corrected chi connectivity index (χ4v) is 3.80. The lowest BCUT2D eigenvalue weighted by atomic mass is 10.1. The van der Waals surface area contributed by atoms with Gasteiger partial charge in [0, 0.05) is 39.1 Å². The van der Waals surface area contributed by atoms with Crippen molar-refractivity contribution >= 4 is 34.3 Å². The third-order valence-electron chi connectivity index (χ3n) is 4.48. The van der Waals surface area contributed by atoms with E-state index in [0.29, 0.717) is 37.9 Å². The van der Waals surface area contributed by atoms with Crippen LogP contribution in [-0.2, 0) is 19.1 Å². The Labute approximate surface area is 149 Å². The maximum absolute atomic E-state index is 12.7. The van der Waals surface area contributed by atoms with E-state index in [-0.39, 0.29) is 36.7 Å². The molecule has 136 valence electrons. The topological polar surface area (TPSA) is 95.9 Å². The average Bonchev–Trinajstić information content (AvgIpc) is 3.20. The van der Waals surface area contributed by atoms with Crippen molar-refractivity contribution in [2.24, 2.45) is 5.92 Å². The van der Waals surface area contributed by atoms with Crippen molar-refractivity contribution in [3.63, 3.8) is 0 Å². The molecule has 25 heavy (non-hydrogen) atoms. The van der Waals surface area contributed by atoms with Crippen molar-refractivity contribution < 1.29 is 19.1 Å². The zero-order valence-corrected chi connectivity index (χ0v) is 15.1. The van der Waals surface area contributed by atoms with E-state index in [1.165, 1.54) is 18.4 Å². The first-order chi connectivity index (χ1) is 12.0. The molecule has 1 aromatic rings. The highest BCUT2D eigenvalue weighted by atomic mass is 32.1. The Morgan fingerprint density at radius 1 is 1.24 bits per heavy atom. The molecule has 9 nitrogen and oxygen atoms in total. The molecule has 1 unspecified atom stereocenters. The number of anilines is 1. The van der Waals surface area contributed by atoms with E-state index in [4.69, 9.17) is 0 Å². The van der Waals surface area contributed by atoms with E-state index in [2.05, 4.69) is 14.9 Å².